The van der Waals surface area contributed by atoms with Crippen LogP contribution in [0.2, 0.25) is 0 Å². The standard InChI is InChI=1S/C19H16N4O3/c1-13-9-15(22-26-13)10-19(24)20-18-11-17(14-7-8-25-12-14)21-23(18)16-5-3-2-4-6-16/h2-9,11-12H,10H2,1H3,(H,20,24). The number of furan rings is 1. The van der Waals surface area contributed by atoms with Crippen molar-refractivity contribution >= 4 is 11.7 Å². The summed E-state index contributed by atoms with van der Waals surface area (Å²) < 4.78 is 11.8. The number of carbonyl (C=O) groups is 1. The van der Waals surface area contributed by atoms with E-state index in [1.54, 1.807) is 30.2 Å². The fraction of sp³-hybridized carbons (Fsp3) is 0.105. The molecule has 0 spiro atoms. The predicted molar refractivity (Wildman–Crippen MR) is 94.8 cm³/mol. The average Bonchev–Trinajstić information content (AvgIpc) is 3.37. The van der Waals surface area contributed by atoms with Gasteiger partial charge in [-0.1, -0.05) is 23.4 Å². The number of hydrogen-bond donors (Lipinski definition) is 1. The van der Waals surface area contributed by atoms with Crippen LogP contribution in [-0.2, 0) is 11.2 Å². The van der Waals surface area contributed by atoms with Crippen molar-refractivity contribution in [3.05, 3.63) is 72.5 Å². The summed E-state index contributed by atoms with van der Waals surface area (Å²) in [6, 6.07) is 15.0. The molecule has 0 saturated heterocycles. The zero-order valence-corrected chi connectivity index (χ0v) is 14.0. The Labute approximate surface area is 149 Å². The van der Waals surface area contributed by atoms with Gasteiger partial charge >= 0.3 is 0 Å². The maximum absolute atomic E-state index is 12.4. The molecule has 1 N–H and O–H groups in total. The van der Waals surface area contributed by atoms with Crippen LogP contribution in [0.1, 0.15) is 11.5 Å². The van der Waals surface area contributed by atoms with Crippen LogP contribution in [0, 0.1) is 6.92 Å². The largest absolute Gasteiger partial charge is 0.472 e. The van der Waals surface area contributed by atoms with E-state index in [0.717, 1.165) is 11.3 Å². The molecule has 1 aromatic carbocycles. The number of nitrogens with one attached hydrogen (secondary N) is 1. The van der Waals surface area contributed by atoms with Gasteiger partial charge in [-0.25, -0.2) is 4.68 Å². The molecule has 0 aliphatic rings. The van der Waals surface area contributed by atoms with E-state index in [1.165, 1.54) is 0 Å². The summed E-state index contributed by atoms with van der Waals surface area (Å²) in [5.41, 5.74) is 2.97. The first kappa shape index (κ1) is 15.9. The Hall–Kier alpha value is -3.61. The SMILES string of the molecule is Cc1cc(CC(=O)Nc2cc(-c3ccoc3)nn2-c2ccccc2)no1. The highest BCUT2D eigenvalue weighted by Gasteiger charge is 2.15. The lowest BCUT2D eigenvalue weighted by molar-refractivity contribution is -0.115. The second-order valence-electron chi connectivity index (χ2n) is 5.83. The minimum absolute atomic E-state index is 0.123. The van der Waals surface area contributed by atoms with Gasteiger partial charge in [0.2, 0.25) is 5.91 Å². The number of aryl methyl sites for hydroxylation is 1. The molecule has 130 valence electrons. The van der Waals surface area contributed by atoms with Crippen LogP contribution >= 0.6 is 0 Å². The van der Waals surface area contributed by atoms with Crippen molar-refractivity contribution in [1.82, 2.24) is 14.9 Å². The molecule has 0 saturated carbocycles. The van der Waals surface area contributed by atoms with Gasteiger partial charge in [0, 0.05) is 17.7 Å². The molecular weight excluding hydrogens is 332 g/mol. The minimum Gasteiger partial charge on any atom is -0.472 e. The number of amides is 1. The van der Waals surface area contributed by atoms with E-state index in [0.29, 0.717) is 23.0 Å². The van der Waals surface area contributed by atoms with Gasteiger partial charge in [-0.3, -0.25) is 4.79 Å². The fourth-order valence-electron chi connectivity index (χ4n) is 2.64. The first-order valence-corrected chi connectivity index (χ1v) is 8.09. The zero-order valence-electron chi connectivity index (χ0n) is 14.0. The molecule has 0 aliphatic carbocycles. The molecule has 4 rings (SSSR count). The van der Waals surface area contributed by atoms with E-state index in [1.807, 2.05) is 42.5 Å². The van der Waals surface area contributed by atoms with Gasteiger partial charge in [-0.2, -0.15) is 5.10 Å². The molecule has 4 aromatic rings. The van der Waals surface area contributed by atoms with Crippen LogP contribution < -0.4 is 5.32 Å². The van der Waals surface area contributed by atoms with Gasteiger partial charge in [-0.15, -0.1) is 0 Å². The van der Waals surface area contributed by atoms with Crippen molar-refractivity contribution in [3.63, 3.8) is 0 Å². The van der Waals surface area contributed by atoms with Crippen LogP contribution in [-0.4, -0.2) is 20.8 Å². The Morgan fingerprint density at radius 1 is 1.19 bits per heavy atom. The number of benzene rings is 1. The molecule has 0 atom stereocenters. The number of para-hydroxylation sites is 1. The number of aromatic nitrogens is 3. The number of rotatable bonds is 5. The van der Waals surface area contributed by atoms with E-state index in [9.17, 15) is 4.79 Å². The van der Waals surface area contributed by atoms with E-state index >= 15 is 0 Å². The number of carbonyl (C=O) groups excluding carboxylic acids is 1. The molecule has 1 amide bonds. The Morgan fingerprint density at radius 2 is 2.04 bits per heavy atom. The van der Waals surface area contributed by atoms with Crippen molar-refractivity contribution in [1.29, 1.82) is 0 Å². The fourth-order valence-corrected chi connectivity index (χ4v) is 2.64. The maximum atomic E-state index is 12.4. The average molecular weight is 348 g/mol. The van der Waals surface area contributed by atoms with E-state index in [2.05, 4.69) is 15.6 Å². The summed E-state index contributed by atoms with van der Waals surface area (Å²) in [7, 11) is 0. The topological polar surface area (TPSA) is 86.1 Å². The van der Waals surface area contributed by atoms with Crippen LogP contribution in [0.15, 0.2) is 70.0 Å². The van der Waals surface area contributed by atoms with Crippen LogP contribution in [0.4, 0.5) is 5.82 Å². The lowest BCUT2D eigenvalue weighted by Crippen LogP contribution is -2.17. The van der Waals surface area contributed by atoms with Crippen molar-refractivity contribution in [3.8, 4) is 16.9 Å². The van der Waals surface area contributed by atoms with Gasteiger partial charge in [0.05, 0.1) is 36.0 Å². The molecule has 7 nitrogen and oxygen atoms in total. The highest BCUT2D eigenvalue weighted by Crippen LogP contribution is 2.25. The maximum Gasteiger partial charge on any atom is 0.231 e. The Bertz CT molecular complexity index is 1020. The predicted octanol–water partition coefficient (Wildman–Crippen LogP) is 3.61. The number of nitrogens with zero attached hydrogens (tertiary/aromatic N) is 3. The van der Waals surface area contributed by atoms with E-state index in [-0.39, 0.29) is 12.3 Å². The molecule has 0 fully saturated rings. The van der Waals surface area contributed by atoms with Crippen molar-refractivity contribution in [2.75, 3.05) is 5.32 Å². The first-order chi connectivity index (χ1) is 12.7. The Balaban J connectivity index is 1.64. The summed E-state index contributed by atoms with van der Waals surface area (Å²) >= 11 is 0. The van der Waals surface area contributed by atoms with E-state index < -0.39 is 0 Å². The number of hydrogen-bond acceptors (Lipinski definition) is 5. The lowest BCUT2D eigenvalue weighted by atomic mass is 10.2. The summed E-state index contributed by atoms with van der Waals surface area (Å²) in [4.78, 5) is 12.4. The molecule has 0 radical (unpaired) electrons. The highest BCUT2D eigenvalue weighted by atomic mass is 16.5. The summed E-state index contributed by atoms with van der Waals surface area (Å²) in [5.74, 6) is 1.04. The molecule has 7 heteroatoms. The summed E-state index contributed by atoms with van der Waals surface area (Å²) in [6.45, 7) is 1.79. The molecule has 0 unspecified atom stereocenters. The highest BCUT2D eigenvalue weighted by molar-refractivity contribution is 5.92. The molecule has 0 bridgehead atoms. The first-order valence-electron chi connectivity index (χ1n) is 8.09. The zero-order chi connectivity index (χ0) is 17.9. The van der Waals surface area contributed by atoms with Gasteiger partial charge in [0.25, 0.3) is 0 Å². The van der Waals surface area contributed by atoms with Crippen molar-refractivity contribution < 1.29 is 13.7 Å². The lowest BCUT2D eigenvalue weighted by Gasteiger charge is -2.08. The van der Waals surface area contributed by atoms with Gasteiger partial charge in [0.1, 0.15) is 11.6 Å². The summed E-state index contributed by atoms with van der Waals surface area (Å²) in [6.07, 6.45) is 3.32. The normalized spacial score (nSPS) is 10.8. The van der Waals surface area contributed by atoms with E-state index in [4.69, 9.17) is 8.94 Å². The van der Waals surface area contributed by atoms with Crippen LogP contribution in [0.3, 0.4) is 0 Å². The summed E-state index contributed by atoms with van der Waals surface area (Å²) in [5, 5.41) is 11.3. The van der Waals surface area contributed by atoms with Gasteiger partial charge < -0.3 is 14.3 Å². The monoisotopic (exact) mass is 348 g/mol. The van der Waals surface area contributed by atoms with Gasteiger partial charge in [0.15, 0.2) is 0 Å². The molecule has 3 heterocycles. The smallest absolute Gasteiger partial charge is 0.231 e. The third-order valence-electron chi connectivity index (χ3n) is 3.81. The Kier molecular flexibility index (Phi) is 4.10. The second kappa shape index (κ2) is 6.72. The molecule has 3 aromatic heterocycles. The van der Waals surface area contributed by atoms with Crippen molar-refractivity contribution in [2.45, 2.75) is 13.3 Å². The minimum atomic E-state index is -0.200. The quantitative estimate of drug-likeness (QED) is 0.595. The van der Waals surface area contributed by atoms with Gasteiger partial charge in [-0.05, 0) is 25.1 Å². The third kappa shape index (κ3) is 3.27. The Morgan fingerprint density at radius 3 is 2.73 bits per heavy atom. The third-order valence-corrected chi connectivity index (χ3v) is 3.81. The van der Waals surface area contributed by atoms with Crippen LogP contribution in [0.25, 0.3) is 16.9 Å². The van der Waals surface area contributed by atoms with Crippen molar-refractivity contribution in [2.24, 2.45) is 0 Å². The molecule has 26 heavy (non-hydrogen) atoms. The van der Waals surface area contributed by atoms with Crippen LogP contribution in [0.5, 0.6) is 0 Å². The second-order valence-corrected chi connectivity index (χ2v) is 5.83. The molecular formula is C19H16N4O3. The molecule has 0 aliphatic heterocycles. The number of anilines is 1.